The first-order chi connectivity index (χ1) is 10.5. The molecule has 0 unspecified atom stereocenters. The van der Waals surface area contributed by atoms with Crippen LogP contribution < -0.4 is 0 Å². The molecular formula is C17H26N2O2S. The summed E-state index contributed by atoms with van der Waals surface area (Å²) >= 11 is 1.42. The van der Waals surface area contributed by atoms with Gasteiger partial charge in [-0.05, 0) is 55.8 Å². The quantitative estimate of drug-likeness (QED) is 0.756. The van der Waals surface area contributed by atoms with Crippen LogP contribution in [0.4, 0.5) is 0 Å². The Labute approximate surface area is 137 Å². The van der Waals surface area contributed by atoms with Crippen molar-refractivity contribution in [3.05, 3.63) is 21.9 Å². The molecule has 0 atom stereocenters. The fraction of sp³-hybridized carbons (Fsp3) is 0.647. The second-order valence-corrected chi connectivity index (χ2v) is 7.30. The zero-order chi connectivity index (χ0) is 16.1. The number of rotatable bonds is 6. The summed E-state index contributed by atoms with van der Waals surface area (Å²) in [5.74, 6) is 1.03. The third-order valence-corrected chi connectivity index (χ3v) is 5.49. The van der Waals surface area contributed by atoms with E-state index < -0.39 is 0 Å². The van der Waals surface area contributed by atoms with Crippen molar-refractivity contribution in [2.24, 2.45) is 5.92 Å². The van der Waals surface area contributed by atoms with Gasteiger partial charge in [-0.25, -0.2) is 0 Å². The molecule has 122 valence electrons. The van der Waals surface area contributed by atoms with Gasteiger partial charge in [-0.3, -0.25) is 9.59 Å². The largest absolute Gasteiger partial charge is 0.344 e. The molecule has 0 radical (unpaired) electrons. The molecular weight excluding hydrogens is 296 g/mol. The molecule has 1 aromatic rings. The molecule has 0 spiro atoms. The highest BCUT2D eigenvalue weighted by atomic mass is 32.1. The van der Waals surface area contributed by atoms with E-state index in [-0.39, 0.29) is 11.7 Å². The van der Waals surface area contributed by atoms with E-state index in [4.69, 9.17) is 0 Å². The number of hydrogen-bond acceptors (Lipinski definition) is 4. The molecule has 4 nitrogen and oxygen atoms in total. The molecule has 2 rings (SSSR count). The number of nitrogens with zero attached hydrogens (tertiary/aromatic N) is 2. The van der Waals surface area contributed by atoms with Gasteiger partial charge in [-0.15, -0.1) is 11.3 Å². The van der Waals surface area contributed by atoms with Gasteiger partial charge < -0.3 is 9.80 Å². The molecule has 0 N–H and O–H groups in total. The smallest absolute Gasteiger partial charge is 0.226 e. The molecule has 22 heavy (non-hydrogen) atoms. The Balaban J connectivity index is 1.75. The Hall–Kier alpha value is -1.20. The maximum atomic E-state index is 12.2. The number of carbonyl (C=O) groups excluding carboxylic acids is 2. The minimum atomic E-state index is 0.0661. The van der Waals surface area contributed by atoms with Crippen LogP contribution in [0, 0.1) is 5.92 Å². The fourth-order valence-corrected chi connectivity index (χ4v) is 3.48. The molecule has 1 amide bonds. The molecule has 0 aromatic carbocycles. The van der Waals surface area contributed by atoms with E-state index in [9.17, 15) is 9.59 Å². The van der Waals surface area contributed by atoms with Gasteiger partial charge in [0.1, 0.15) is 0 Å². The summed E-state index contributed by atoms with van der Waals surface area (Å²) in [5, 5.41) is 1.91. The van der Waals surface area contributed by atoms with Crippen LogP contribution in [-0.2, 0) is 11.2 Å². The van der Waals surface area contributed by atoms with E-state index in [1.807, 2.05) is 23.4 Å². The van der Waals surface area contributed by atoms with Crippen LogP contribution in [0.15, 0.2) is 11.4 Å². The third kappa shape index (κ3) is 4.92. The van der Waals surface area contributed by atoms with Crippen LogP contribution in [0.5, 0.6) is 0 Å². The molecule has 1 aliphatic rings. The van der Waals surface area contributed by atoms with Crippen molar-refractivity contribution in [2.45, 2.75) is 33.1 Å². The van der Waals surface area contributed by atoms with Gasteiger partial charge in [0, 0.05) is 20.1 Å². The van der Waals surface area contributed by atoms with Crippen molar-refractivity contribution in [2.75, 3.05) is 33.2 Å². The SMILES string of the molecule is CC(=O)c1cc(CC(=O)N(C)CCN2CCC(C)CC2)cs1. The van der Waals surface area contributed by atoms with Gasteiger partial charge in [0.25, 0.3) is 0 Å². The summed E-state index contributed by atoms with van der Waals surface area (Å²) in [6, 6.07) is 1.84. The van der Waals surface area contributed by atoms with Gasteiger partial charge in [0.05, 0.1) is 11.3 Å². The topological polar surface area (TPSA) is 40.6 Å². The van der Waals surface area contributed by atoms with Crippen molar-refractivity contribution < 1.29 is 9.59 Å². The van der Waals surface area contributed by atoms with Gasteiger partial charge in [-0.2, -0.15) is 0 Å². The number of Topliss-reactive ketones (excluding diaryl/α,β-unsaturated/α-hetero) is 1. The standard InChI is InChI=1S/C17H26N2O2S/c1-13-4-6-19(7-5-13)9-8-18(3)17(21)11-15-10-16(14(2)20)22-12-15/h10,12-13H,4-9,11H2,1-3H3. The highest BCUT2D eigenvalue weighted by Crippen LogP contribution is 2.17. The number of likely N-dealkylation sites (N-methyl/N-ethyl adjacent to an activating group) is 1. The summed E-state index contributed by atoms with van der Waals surface area (Å²) in [7, 11) is 1.87. The predicted molar refractivity (Wildman–Crippen MR) is 90.5 cm³/mol. The van der Waals surface area contributed by atoms with Gasteiger partial charge in [-0.1, -0.05) is 6.92 Å². The van der Waals surface area contributed by atoms with E-state index in [0.717, 1.165) is 42.5 Å². The molecule has 0 saturated carbocycles. The number of thiophene rings is 1. The summed E-state index contributed by atoms with van der Waals surface area (Å²) in [6.45, 7) is 7.89. The van der Waals surface area contributed by atoms with Crippen LogP contribution in [0.1, 0.15) is 41.9 Å². The second-order valence-electron chi connectivity index (χ2n) is 6.39. The van der Waals surface area contributed by atoms with E-state index in [1.165, 1.54) is 24.2 Å². The molecule has 0 aliphatic carbocycles. The highest BCUT2D eigenvalue weighted by Gasteiger charge is 2.17. The maximum absolute atomic E-state index is 12.2. The zero-order valence-corrected chi connectivity index (χ0v) is 14.6. The van der Waals surface area contributed by atoms with Crippen molar-refractivity contribution in [1.82, 2.24) is 9.80 Å². The van der Waals surface area contributed by atoms with E-state index in [1.54, 1.807) is 6.92 Å². The first-order valence-electron chi connectivity index (χ1n) is 8.00. The lowest BCUT2D eigenvalue weighted by Crippen LogP contribution is -2.40. The lowest BCUT2D eigenvalue weighted by molar-refractivity contribution is -0.129. The minimum Gasteiger partial charge on any atom is -0.344 e. The normalized spacial score (nSPS) is 16.7. The third-order valence-electron chi connectivity index (χ3n) is 4.41. The fourth-order valence-electron chi connectivity index (χ4n) is 2.66. The van der Waals surface area contributed by atoms with E-state index >= 15 is 0 Å². The van der Waals surface area contributed by atoms with Gasteiger partial charge >= 0.3 is 0 Å². The van der Waals surface area contributed by atoms with Crippen molar-refractivity contribution in [3.63, 3.8) is 0 Å². The second kappa shape index (κ2) is 7.88. The summed E-state index contributed by atoms with van der Waals surface area (Å²) in [6.07, 6.45) is 2.91. The Bertz CT molecular complexity index is 518. The molecule has 1 fully saturated rings. The Morgan fingerprint density at radius 1 is 1.36 bits per heavy atom. The van der Waals surface area contributed by atoms with Crippen molar-refractivity contribution in [3.8, 4) is 0 Å². The average Bonchev–Trinajstić information content (AvgIpc) is 2.95. The number of carbonyl (C=O) groups is 2. The average molecular weight is 322 g/mol. The highest BCUT2D eigenvalue weighted by molar-refractivity contribution is 7.12. The Kier molecular flexibility index (Phi) is 6.15. The van der Waals surface area contributed by atoms with Crippen molar-refractivity contribution >= 4 is 23.0 Å². The molecule has 1 aromatic heterocycles. The molecule has 1 saturated heterocycles. The van der Waals surface area contributed by atoms with Crippen molar-refractivity contribution in [1.29, 1.82) is 0 Å². The Morgan fingerprint density at radius 2 is 2.05 bits per heavy atom. The van der Waals surface area contributed by atoms with Crippen LogP contribution in [0.2, 0.25) is 0 Å². The first kappa shape index (κ1) is 17.2. The molecule has 2 heterocycles. The summed E-state index contributed by atoms with van der Waals surface area (Å²) in [4.78, 5) is 28.5. The monoisotopic (exact) mass is 322 g/mol. The first-order valence-corrected chi connectivity index (χ1v) is 8.88. The van der Waals surface area contributed by atoms with Gasteiger partial charge in [0.15, 0.2) is 5.78 Å². The van der Waals surface area contributed by atoms with E-state index in [0.29, 0.717) is 6.42 Å². The number of likely N-dealkylation sites (tertiary alicyclic amines) is 1. The lowest BCUT2D eigenvalue weighted by Gasteiger charge is -2.31. The van der Waals surface area contributed by atoms with Crippen LogP contribution in [0.25, 0.3) is 0 Å². The lowest BCUT2D eigenvalue weighted by atomic mass is 9.99. The predicted octanol–water partition coefficient (Wildman–Crippen LogP) is 2.68. The number of hydrogen-bond donors (Lipinski definition) is 0. The minimum absolute atomic E-state index is 0.0661. The molecule has 0 bridgehead atoms. The van der Waals surface area contributed by atoms with Crippen LogP contribution in [0.3, 0.4) is 0 Å². The van der Waals surface area contributed by atoms with Crippen LogP contribution in [-0.4, -0.2) is 54.7 Å². The maximum Gasteiger partial charge on any atom is 0.226 e. The Morgan fingerprint density at radius 3 is 2.64 bits per heavy atom. The zero-order valence-electron chi connectivity index (χ0n) is 13.8. The summed E-state index contributed by atoms with van der Waals surface area (Å²) < 4.78 is 0. The van der Waals surface area contributed by atoms with E-state index in [2.05, 4.69) is 11.8 Å². The molecule has 1 aliphatic heterocycles. The van der Waals surface area contributed by atoms with Gasteiger partial charge in [0.2, 0.25) is 5.91 Å². The molecule has 5 heteroatoms. The number of amides is 1. The van der Waals surface area contributed by atoms with Crippen LogP contribution >= 0.6 is 11.3 Å². The summed E-state index contributed by atoms with van der Waals surface area (Å²) in [5.41, 5.74) is 0.943. The number of ketones is 1. The number of piperidine rings is 1.